The summed E-state index contributed by atoms with van der Waals surface area (Å²) in [6, 6.07) is 17.1. The lowest BCUT2D eigenvalue weighted by Crippen LogP contribution is -2.31. The number of nitrogens with zero attached hydrogens (tertiary/aromatic N) is 2. The third-order valence-electron chi connectivity index (χ3n) is 6.84. The first-order chi connectivity index (χ1) is 18.3. The van der Waals surface area contributed by atoms with Crippen LogP contribution in [0.3, 0.4) is 0 Å². The van der Waals surface area contributed by atoms with Gasteiger partial charge < -0.3 is 9.47 Å². The molecule has 10 heteroatoms. The molecular weight excluding hydrogens is 512 g/mol. The van der Waals surface area contributed by atoms with Crippen molar-refractivity contribution in [2.24, 2.45) is 11.8 Å². The van der Waals surface area contributed by atoms with Crippen LogP contribution in [-0.2, 0) is 20.9 Å². The fraction of sp³-hybridized carbons (Fsp3) is 0.250. The molecule has 9 nitrogen and oxygen atoms in total. The second-order valence-electron chi connectivity index (χ2n) is 9.23. The van der Waals surface area contributed by atoms with Gasteiger partial charge in [0, 0.05) is 6.07 Å². The van der Waals surface area contributed by atoms with Gasteiger partial charge in [-0.2, -0.15) is 0 Å². The number of anilines is 1. The molecule has 2 amide bonds. The minimum atomic E-state index is -0.602. The van der Waals surface area contributed by atoms with Gasteiger partial charge in [0.15, 0.2) is 0 Å². The summed E-state index contributed by atoms with van der Waals surface area (Å²) in [5, 5.41) is 11.4. The first-order valence-corrected chi connectivity index (χ1v) is 12.6. The van der Waals surface area contributed by atoms with E-state index in [2.05, 4.69) is 0 Å². The number of hydrogen-bond donors (Lipinski definition) is 0. The standard InChI is InChI=1S/C28H23ClN2O7/c29-23-9-4-10-24(31(35)36)25(23)38-20-13-11-17(12-14-20)16-37-28(34)18-5-3-6-19(15-18)30-26(32)21-7-1-2-8-22(21)27(30)33/h3-6,9-15,21-22H,1-2,7-8,16H2/t21-,22+. The van der Waals surface area contributed by atoms with Crippen molar-refractivity contribution in [2.45, 2.75) is 32.3 Å². The predicted molar refractivity (Wildman–Crippen MR) is 138 cm³/mol. The van der Waals surface area contributed by atoms with Crippen LogP contribution >= 0.6 is 11.6 Å². The molecule has 0 N–H and O–H groups in total. The van der Waals surface area contributed by atoms with Gasteiger partial charge in [0.2, 0.25) is 17.6 Å². The number of ether oxygens (including phenoxy) is 2. The molecular formula is C28H23ClN2O7. The maximum atomic E-state index is 12.9. The van der Waals surface area contributed by atoms with Crippen LogP contribution in [0.1, 0.15) is 41.6 Å². The summed E-state index contributed by atoms with van der Waals surface area (Å²) in [5.41, 5.74) is 1.00. The van der Waals surface area contributed by atoms with Crippen molar-refractivity contribution in [3.8, 4) is 11.5 Å². The Morgan fingerprint density at radius 1 is 0.974 bits per heavy atom. The summed E-state index contributed by atoms with van der Waals surface area (Å²) in [7, 11) is 0. The summed E-state index contributed by atoms with van der Waals surface area (Å²) >= 11 is 6.07. The molecule has 38 heavy (non-hydrogen) atoms. The highest BCUT2D eigenvalue weighted by Gasteiger charge is 2.48. The molecule has 3 aromatic rings. The summed E-state index contributed by atoms with van der Waals surface area (Å²) in [4.78, 5) is 50.4. The van der Waals surface area contributed by atoms with Gasteiger partial charge in [0.1, 0.15) is 12.4 Å². The highest BCUT2D eigenvalue weighted by molar-refractivity contribution is 6.32. The van der Waals surface area contributed by atoms with Gasteiger partial charge in [0.05, 0.1) is 33.0 Å². The maximum absolute atomic E-state index is 12.9. The average Bonchev–Trinajstić information content (AvgIpc) is 3.18. The van der Waals surface area contributed by atoms with Crippen molar-refractivity contribution in [3.63, 3.8) is 0 Å². The van der Waals surface area contributed by atoms with Gasteiger partial charge in [-0.25, -0.2) is 4.79 Å². The number of amides is 2. The number of rotatable bonds is 7. The second-order valence-corrected chi connectivity index (χ2v) is 9.63. The predicted octanol–water partition coefficient (Wildman–Crippen LogP) is 6.08. The molecule has 1 saturated carbocycles. The Hall–Kier alpha value is -4.24. The zero-order valence-corrected chi connectivity index (χ0v) is 20.9. The van der Waals surface area contributed by atoms with Crippen molar-refractivity contribution in [1.29, 1.82) is 0 Å². The highest BCUT2D eigenvalue weighted by atomic mass is 35.5. The monoisotopic (exact) mass is 534 g/mol. The molecule has 194 valence electrons. The smallest absolute Gasteiger partial charge is 0.338 e. The van der Waals surface area contributed by atoms with E-state index in [0.717, 1.165) is 12.8 Å². The second kappa shape index (κ2) is 10.6. The van der Waals surface area contributed by atoms with E-state index in [-0.39, 0.29) is 52.3 Å². The molecule has 5 rings (SSSR count). The normalized spacial score (nSPS) is 18.7. The molecule has 2 fully saturated rings. The number of fused-ring (bicyclic) bond motifs is 1. The largest absolute Gasteiger partial charge is 0.457 e. The van der Waals surface area contributed by atoms with Crippen LogP contribution in [0.15, 0.2) is 66.7 Å². The van der Waals surface area contributed by atoms with Gasteiger partial charge in [-0.1, -0.05) is 48.7 Å². The van der Waals surface area contributed by atoms with Gasteiger partial charge in [0.25, 0.3) is 0 Å². The molecule has 1 aliphatic heterocycles. The lowest BCUT2D eigenvalue weighted by atomic mass is 9.81. The zero-order chi connectivity index (χ0) is 26.8. The Morgan fingerprint density at radius 3 is 2.29 bits per heavy atom. The summed E-state index contributed by atoms with van der Waals surface area (Å²) in [6.45, 7) is -0.0404. The molecule has 3 aromatic carbocycles. The Kier molecular flexibility index (Phi) is 7.11. The number of halogens is 1. The molecule has 1 saturated heterocycles. The summed E-state index contributed by atoms with van der Waals surface area (Å²) in [6.07, 6.45) is 3.31. The van der Waals surface area contributed by atoms with Crippen molar-refractivity contribution in [1.82, 2.24) is 0 Å². The van der Waals surface area contributed by atoms with E-state index in [0.29, 0.717) is 29.8 Å². The van der Waals surface area contributed by atoms with Gasteiger partial charge in [-0.05, 0) is 54.8 Å². The Bertz CT molecular complexity index is 1400. The van der Waals surface area contributed by atoms with Crippen molar-refractivity contribution in [2.75, 3.05) is 4.90 Å². The number of esters is 1. The molecule has 0 spiro atoms. The number of para-hydroxylation sites is 1. The molecule has 1 heterocycles. The molecule has 2 aliphatic rings. The van der Waals surface area contributed by atoms with E-state index in [1.807, 2.05) is 0 Å². The number of benzene rings is 3. The summed E-state index contributed by atoms with van der Waals surface area (Å²) < 4.78 is 11.1. The van der Waals surface area contributed by atoms with E-state index in [4.69, 9.17) is 21.1 Å². The molecule has 0 unspecified atom stereocenters. The van der Waals surface area contributed by atoms with Gasteiger partial charge >= 0.3 is 11.7 Å². The van der Waals surface area contributed by atoms with E-state index in [1.54, 1.807) is 42.5 Å². The third-order valence-corrected chi connectivity index (χ3v) is 7.13. The molecule has 2 atom stereocenters. The first kappa shape index (κ1) is 25.4. The number of nitro benzene ring substituents is 1. The number of imide groups is 1. The number of hydrogen-bond acceptors (Lipinski definition) is 7. The van der Waals surface area contributed by atoms with Crippen molar-refractivity contribution < 1.29 is 28.8 Å². The molecule has 0 bridgehead atoms. The number of carbonyl (C=O) groups is 3. The van der Waals surface area contributed by atoms with E-state index < -0.39 is 10.9 Å². The lowest BCUT2D eigenvalue weighted by molar-refractivity contribution is -0.385. The molecule has 1 aliphatic carbocycles. The first-order valence-electron chi connectivity index (χ1n) is 12.2. The Morgan fingerprint density at radius 2 is 1.63 bits per heavy atom. The Labute approximate surface area is 223 Å². The van der Waals surface area contributed by atoms with Crippen LogP contribution < -0.4 is 9.64 Å². The maximum Gasteiger partial charge on any atom is 0.338 e. The van der Waals surface area contributed by atoms with E-state index in [1.165, 1.54) is 29.2 Å². The van der Waals surface area contributed by atoms with Crippen molar-refractivity contribution in [3.05, 3.63) is 93.0 Å². The van der Waals surface area contributed by atoms with Crippen LogP contribution in [0.5, 0.6) is 11.5 Å². The molecule has 0 aromatic heterocycles. The van der Waals surface area contributed by atoms with Gasteiger partial charge in [-0.15, -0.1) is 0 Å². The van der Waals surface area contributed by atoms with Crippen LogP contribution in [0.25, 0.3) is 0 Å². The topological polar surface area (TPSA) is 116 Å². The van der Waals surface area contributed by atoms with Crippen LogP contribution in [0.4, 0.5) is 11.4 Å². The average molecular weight is 535 g/mol. The van der Waals surface area contributed by atoms with Crippen molar-refractivity contribution >= 4 is 40.8 Å². The number of nitro groups is 1. The zero-order valence-electron chi connectivity index (χ0n) is 20.2. The fourth-order valence-electron chi connectivity index (χ4n) is 4.93. The van der Waals surface area contributed by atoms with Crippen LogP contribution in [-0.4, -0.2) is 22.7 Å². The minimum Gasteiger partial charge on any atom is -0.457 e. The minimum absolute atomic E-state index is 0.0404. The highest BCUT2D eigenvalue weighted by Crippen LogP contribution is 2.40. The van der Waals surface area contributed by atoms with E-state index >= 15 is 0 Å². The quantitative estimate of drug-likeness (QED) is 0.156. The fourth-order valence-corrected chi connectivity index (χ4v) is 5.14. The Balaban J connectivity index is 1.23. The summed E-state index contributed by atoms with van der Waals surface area (Å²) in [5.74, 6) is -1.29. The third kappa shape index (κ3) is 4.97. The SMILES string of the molecule is O=C(OCc1ccc(Oc2c(Cl)cccc2[N+](=O)[O-])cc1)c1cccc(N2C(=O)[C@H]3CCCC[C@H]3C2=O)c1. The molecule has 0 radical (unpaired) electrons. The van der Waals surface area contributed by atoms with Crippen LogP contribution in [0.2, 0.25) is 5.02 Å². The van der Waals surface area contributed by atoms with Gasteiger partial charge in [-0.3, -0.25) is 24.6 Å². The van der Waals surface area contributed by atoms with E-state index in [9.17, 15) is 24.5 Å². The number of carbonyl (C=O) groups excluding carboxylic acids is 3. The van der Waals surface area contributed by atoms with Crippen LogP contribution in [0, 0.1) is 22.0 Å². The lowest BCUT2D eigenvalue weighted by Gasteiger charge is -2.19.